The highest BCUT2D eigenvalue weighted by Crippen LogP contribution is 2.21. The highest BCUT2D eigenvalue weighted by atomic mass is 16.5. The van der Waals surface area contributed by atoms with E-state index in [4.69, 9.17) is 19.2 Å². The lowest BCUT2D eigenvalue weighted by atomic mass is 10.1. The molecule has 140 valence electrons. The Hall–Kier alpha value is -3.60. The molecule has 1 N–H and O–H groups in total. The number of H-pyrrole nitrogens is 1. The van der Waals surface area contributed by atoms with Crippen LogP contribution in [0.1, 0.15) is 44.8 Å². The van der Waals surface area contributed by atoms with E-state index in [1.807, 2.05) is 0 Å². The van der Waals surface area contributed by atoms with Crippen molar-refractivity contribution in [3.8, 4) is 6.07 Å². The van der Waals surface area contributed by atoms with Gasteiger partial charge in [0.25, 0.3) is 0 Å². The number of furan rings is 1. The van der Waals surface area contributed by atoms with E-state index >= 15 is 0 Å². The first kappa shape index (κ1) is 19.7. The van der Waals surface area contributed by atoms with Crippen LogP contribution < -0.4 is 0 Å². The number of nitriles is 1. The fourth-order valence-corrected chi connectivity index (χ4v) is 2.54. The van der Waals surface area contributed by atoms with Gasteiger partial charge in [-0.2, -0.15) is 5.26 Å². The number of aromatic amines is 1. The van der Waals surface area contributed by atoms with Gasteiger partial charge >= 0.3 is 11.9 Å². The first-order valence-electron chi connectivity index (χ1n) is 7.98. The molecule has 2 aromatic rings. The van der Waals surface area contributed by atoms with E-state index in [0.29, 0.717) is 17.0 Å². The number of Topliss-reactive ketones (excluding diaryl/α,β-unsaturated/α-hetero) is 1. The van der Waals surface area contributed by atoms with Crippen LogP contribution >= 0.6 is 0 Å². The van der Waals surface area contributed by atoms with Gasteiger partial charge in [-0.3, -0.25) is 4.79 Å². The third kappa shape index (κ3) is 4.15. The smallest absolute Gasteiger partial charge is 0.349 e. The van der Waals surface area contributed by atoms with Crippen molar-refractivity contribution in [2.75, 3.05) is 7.11 Å². The Morgan fingerprint density at radius 1 is 1.33 bits per heavy atom. The van der Waals surface area contributed by atoms with Crippen molar-refractivity contribution in [2.24, 2.45) is 0 Å². The molecular weight excluding hydrogens is 352 g/mol. The zero-order valence-electron chi connectivity index (χ0n) is 15.3. The summed E-state index contributed by atoms with van der Waals surface area (Å²) in [5.41, 5.74) is 0.964. The summed E-state index contributed by atoms with van der Waals surface area (Å²) in [5.74, 6) is -1.75. The van der Waals surface area contributed by atoms with Crippen LogP contribution in [0.25, 0.3) is 6.08 Å². The molecule has 1 atom stereocenters. The summed E-state index contributed by atoms with van der Waals surface area (Å²) in [6.45, 7) is 4.61. The van der Waals surface area contributed by atoms with E-state index in [1.165, 1.54) is 26.4 Å². The monoisotopic (exact) mass is 370 g/mol. The lowest BCUT2D eigenvalue weighted by Gasteiger charge is -2.11. The summed E-state index contributed by atoms with van der Waals surface area (Å²) in [5, 5.41) is 9.13. The lowest BCUT2D eigenvalue weighted by Crippen LogP contribution is -2.26. The number of aryl methyl sites for hydroxylation is 1. The predicted octanol–water partition coefficient (Wildman–Crippen LogP) is 2.73. The van der Waals surface area contributed by atoms with Gasteiger partial charge in [0.05, 0.1) is 24.6 Å². The quantitative estimate of drug-likeness (QED) is 0.359. The Kier molecular flexibility index (Phi) is 5.98. The number of nitrogens with one attached hydrogen (secondary N) is 1. The molecule has 0 radical (unpaired) electrons. The van der Waals surface area contributed by atoms with E-state index in [2.05, 4.69) is 4.98 Å². The van der Waals surface area contributed by atoms with E-state index in [-0.39, 0.29) is 16.8 Å². The maximum absolute atomic E-state index is 12.6. The number of carbonyl (C=O) groups is 3. The number of hydrogen-bond acceptors (Lipinski definition) is 7. The molecule has 27 heavy (non-hydrogen) atoms. The Morgan fingerprint density at radius 3 is 2.59 bits per heavy atom. The van der Waals surface area contributed by atoms with Gasteiger partial charge in [0, 0.05) is 11.8 Å². The fraction of sp³-hybridized carbons (Fsp3) is 0.263. The lowest BCUT2D eigenvalue weighted by molar-refractivity contribution is -0.141. The van der Waals surface area contributed by atoms with Crippen LogP contribution in [0.15, 0.2) is 28.4 Å². The minimum Gasteiger partial charge on any atom is -0.465 e. The van der Waals surface area contributed by atoms with Gasteiger partial charge in [-0.1, -0.05) is 0 Å². The topological polar surface area (TPSA) is 122 Å². The molecule has 2 heterocycles. The Bertz CT molecular complexity index is 944. The van der Waals surface area contributed by atoms with E-state index in [1.54, 1.807) is 32.0 Å². The predicted molar refractivity (Wildman–Crippen MR) is 93.8 cm³/mol. The normalized spacial score (nSPS) is 12.2. The van der Waals surface area contributed by atoms with Crippen molar-refractivity contribution >= 4 is 23.8 Å². The van der Waals surface area contributed by atoms with Gasteiger partial charge in [-0.25, -0.2) is 9.59 Å². The number of methoxy groups -OCH3 is 1. The maximum atomic E-state index is 12.6. The molecular formula is C19H18N2O6. The number of carbonyl (C=O) groups excluding carboxylic acids is 3. The molecule has 0 aliphatic carbocycles. The van der Waals surface area contributed by atoms with Crippen molar-refractivity contribution in [2.45, 2.75) is 26.9 Å². The average Bonchev–Trinajstić information content (AvgIpc) is 3.25. The van der Waals surface area contributed by atoms with Crippen LogP contribution in [-0.2, 0) is 14.3 Å². The molecule has 8 nitrogen and oxygen atoms in total. The molecule has 0 fully saturated rings. The standard InChI is InChI=1S/C19H18N2O6/c1-10-15(19(24)25-4)11(2)21-16(10)17(22)12(3)27-18(23)13(9-20)8-14-6-5-7-26-14/h5-8,12,21H,1-4H3/b13-8+/t12-/m1/s1. The van der Waals surface area contributed by atoms with E-state index in [9.17, 15) is 14.4 Å². The molecule has 0 aromatic carbocycles. The van der Waals surface area contributed by atoms with Crippen molar-refractivity contribution in [1.29, 1.82) is 5.26 Å². The van der Waals surface area contributed by atoms with Crippen molar-refractivity contribution < 1.29 is 28.3 Å². The van der Waals surface area contributed by atoms with Crippen LogP contribution in [0.4, 0.5) is 0 Å². The van der Waals surface area contributed by atoms with Crippen molar-refractivity contribution in [3.05, 3.63) is 52.2 Å². The molecule has 0 saturated heterocycles. The van der Waals surface area contributed by atoms with Gasteiger partial charge in [0.15, 0.2) is 6.10 Å². The molecule has 0 spiro atoms. The first-order chi connectivity index (χ1) is 12.8. The zero-order valence-corrected chi connectivity index (χ0v) is 15.3. The second-order valence-electron chi connectivity index (χ2n) is 5.71. The van der Waals surface area contributed by atoms with Gasteiger partial charge < -0.3 is 18.9 Å². The number of aromatic nitrogens is 1. The summed E-state index contributed by atoms with van der Waals surface area (Å²) >= 11 is 0. The third-order valence-electron chi connectivity index (χ3n) is 3.90. The molecule has 0 amide bonds. The summed E-state index contributed by atoms with van der Waals surface area (Å²) in [7, 11) is 1.24. The van der Waals surface area contributed by atoms with Gasteiger partial charge in [-0.15, -0.1) is 0 Å². The maximum Gasteiger partial charge on any atom is 0.349 e. The van der Waals surface area contributed by atoms with Crippen LogP contribution in [0, 0.1) is 25.2 Å². The number of ether oxygens (including phenoxy) is 2. The van der Waals surface area contributed by atoms with Gasteiger partial charge in [0.2, 0.25) is 5.78 Å². The first-order valence-corrected chi connectivity index (χ1v) is 7.98. The second-order valence-corrected chi connectivity index (χ2v) is 5.71. The Balaban J connectivity index is 2.20. The molecule has 2 aromatic heterocycles. The molecule has 0 saturated carbocycles. The van der Waals surface area contributed by atoms with Crippen LogP contribution in [0.3, 0.4) is 0 Å². The van der Waals surface area contributed by atoms with Crippen molar-refractivity contribution in [1.82, 2.24) is 4.98 Å². The number of rotatable bonds is 6. The number of hydrogen-bond donors (Lipinski definition) is 1. The highest BCUT2D eigenvalue weighted by Gasteiger charge is 2.28. The van der Waals surface area contributed by atoms with Crippen LogP contribution in [-0.4, -0.2) is 35.9 Å². The zero-order chi connectivity index (χ0) is 20.1. The number of ketones is 1. The summed E-state index contributed by atoms with van der Waals surface area (Å²) in [6, 6.07) is 4.89. The Morgan fingerprint density at radius 2 is 2.04 bits per heavy atom. The summed E-state index contributed by atoms with van der Waals surface area (Å²) in [6.07, 6.45) is 1.44. The minimum atomic E-state index is -1.17. The van der Waals surface area contributed by atoms with Crippen molar-refractivity contribution in [3.63, 3.8) is 0 Å². The summed E-state index contributed by atoms with van der Waals surface area (Å²) < 4.78 is 14.9. The molecule has 8 heteroatoms. The number of nitrogens with zero attached hydrogens (tertiary/aromatic N) is 1. The molecule has 2 rings (SSSR count). The number of esters is 2. The van der Waals surface area contributed by atoms with Crippen LogP contribution in [0.2, 0.25) is 0 Å². The highest BCUT2D eigenvalue weighted by molar-refractivity contribution is 6.05. The molecule has 0 aliphatic rings. The van der Waals surface area contributed by atoms with Crippen LogP contribution in [0.5, 0.6) is 0 Å². The Labute approximate surface area is 155 Å². The molecule has 0 aliphatic heterocycles. The van der Waals surface area contributed by atoms with E-state index in [0.717, 1.165) is 0 Å². The molecule has 0 bridgehead atoms. The third-order valence-corrected chi connectivity index (χ3v) is 3.90. The largest absolute Gasteiger partial charge is 0.465 e. The SMILES string of the molecule is COC(=O)c1c(C)[nH]c(C(=O)[C@@H](C)OC(=O)/C(C#N)=C/c2ccco2)c1C. The van der Waals surface area contributed by atoms with Gasteiger partial charge in [-0.05, 0) is 38.5 Å². The van der Waals surface area contributed by atoms with E-state index < -0.39 is 23.8 Å². The molecule has 0 unspecified atom stereocenters. The second kappa shape index (κ2) is 8.19. The fourth-order valence-electron chi connectivity index (χ4n) is 2.54. The average molecular weight is 370 g/mol. The minimum absolute atomic E-state index is 0.140. The van der Waals surface area contributed by atoms with Gasteiger partial charge in [0.1, 0.15) is 17.4 Å². The summed E-state index contributed by atoms with van der Waals surface area (Å²) in [4.78, 5) is 39.4.